The molecule has 4 heteroatoms. The Hall–Kier alpha value is -2.36. The molecule has 4 nitrogen and oxygen atoms in total. The summed E-state index contributed by atoms with van der Waals surface area (Å²) in [5.41, 5.74) is 8.02. The van der Waals surface area contributed by atoms with Crippen LogP contribution in [0, 0.1) is 0 Å². The minimum atomic E-state index is 0.616. The van der Waals surface area contributed by atoms with Crippen LogP contribution in [-0.4, -0.2) is 18.3 Å². The maximum absolute atomic E-state index is 5.76. The maximum atomic E-state index is 5.76. The number of methoxy groups -OCH3 is 1. The molecule has 0 radical (unpaired) electrons. The Morgan fingerprint density at radius 2 is 2.00 bits per heavy atom. The normalized spacial score (nSPS) is 10.6. The zero-order valence-corrected chi connectivity index (χ0v) is 9.50. The summed E-state index contributed by atoms with van der Waals surface area (Å²) in [5.74, 6) is 0.822. The number of aliphatic imine (C=N–C) groups is 1. The second kappa shape index (κ2) is 5.12. The summed E-state index contributed by atoms with van der Waals surface area (Å²) in [6.45, 7) is 0. The number of nitrogens with zero attached hydrogens (tertiary/aromatic N) is 2. The SMILES string of the molecule is COc1ccc(C=Nc2cnccc2N)cc1. The van der Waals surface area contributed by atoms with Gasteiger partial charge in [-0.1, -0.05) is 0 Å². The lowest BCUT2D eigenvalue weighted by atomic mass is 10.2. The van der Waals surface area contributed by atoms with Crippen LogP contribution in [0.2, 0.25) is 0 Å². The third kappa shape index (κ3) is 2.81. The second-order valence-corrected chi connectivity index (χ2v) is 3.47. The van der Waals surface area contributed by atoms with Crippen LogP contribution in [0.4, 0.5) is 11.4 Å². The van der Waals surface area contributed by atoms with Gasteiger partial charge in [0.2, 0.25) is 0 Å². The summed E-state index contributed by atoms with van der Waals surface area (Å²) in [7, 11) is 1.64. The van der Waals surface area contributed by atoms with E-state index in [-0.39, 0.29) is 0 Å². The van der Waals surface area contributed by atoms with Gasteiger partial charge in [0.05, 0.1) is 19.0 Å². The van der Waals surface area contributed by atoms with E-state index in [1.165, 1.54) is 0 Å². The molecule has 17 heavy (non-hydrogen) atoms. The molecule has 2 rings (SSSR count). The lowest BCUT2D eigenvalue weighted by molar-refractivity contribution is 0.415. The number of ether oxygens (including phenoxy) is 1. The fourth-order valence-corrected chi connectivity index (χ4v) is 1.34. The predicted molar refractivity (Wildman–Crippen MR) is 68.9 cm³/mol. The third-order valence-corrected chi connectivity index (χ3v) is 2.30. The van der Waals surface area contributed by atoms with Crippen molar-refractivity contribution in [2.75, 3.05) is 12.8 Å². The molecule has 0 saturated carbocycles. The molecule has 1 heterocycles. The minimum absolute atomic E-state index is 0.616. The van der Waals surface area contributed by atoms with Crippen LogP contribution >= 0.6 is 0 Å². The molecule has 1 aromatic carbocycles. The molecule has 2 aromatic rings. The van der Waals surface area contributed by atoms with Crippen molar-refractivity contribution >= 4 is 17.6 Å². The van der Waals surface area contributed by atoms with Crippen LogP contribution in [-0.2, 0) is 0 Å². The number of rotatable bonds is 3. The molecule has 0 fully saturated rings. The van der Waals surface area contributed by atoms with Gasteiger partial charge >= 0.3 is 0 Å². The molecule has 0 aliphatic rings. The third-order valence-electron chi connectivity index (χ3n) is 2.30. The van der Waals surface area contributed by atoms with Gasteiger partial charge in [0.25, 0.3) is 0 Å². The molecular weight excluding hydrogens is 214 g/mol. The van der Waals surface area contributed by atoms with Crippen molar-refractivity contribution in [1.29, 1.82) is 0 Å². The highest BCUT2D eigenvalue weighted by atomic mass is 16.5. The first-order valence-corrected chi connectivity index (χ1v) is 5.17. The van der Waals surface area contributed by atoms with E-state index in [0.29, 0.717) is 11.4 Å². The molecular formula is C13H13N3O. The van der Waals surface area contributed by atoms with Crippen molar-refractivity contribution in [2.45, 2.75) is 0 Å². The first-order valence-electron chi connectivity index (χ1n) is 5.17. The van der Waals surface area contributed by atoms with E-state index in [1.54, 1.807) is 31.8 Å². The fourth-order valence-electron chi connectivity index (χ4n) is 1.34. The molecule has 86 valence electrons. The quantitative estimate of drug-likeness (QED) is 0.819. The number of nitrogens with two attached hydrogens (primary N) is 1. The smallest absolute Gasteiger partial charge is 0.118 e. The van der Waals surface area contributed by atoms with E-state index in [0.717, 1.165) is 11.3 Å². The summed E-state index contributed by atoms with van der Waals surface area (Å²) >= 11 is 0. The van der Waals surface area contributed by atoms with E-state index < -0.39 is 0 Å². The van der Waals surface area contributed by atoms with E-state index in [4.69, 9.17) is 10.5 Å². The largest absolute Gasteiger partial charge is 0.497 e. The molecule has 0 aliphatic carbocycles. The van der Waals surface area contributed by atoms with Crippen molar-refractivity contribution in [1.82, 2.24) is 4.98 Å². The lowest BCUT2D eigenvalue weighted by Crippen LogP contribution is -1.87. The van der Waals surface area contributed by atoms with E-state index in [2.05, 4.69) is 9.98 Å². The summed E-state index contributed by atoms with van der Waals surface area (Å²) in [4.78, 5) is 8.25. The number of anilines is 1. The highest BCUT2D eigenvalue weighted by Crippen LogP contribution is 2.19. The Bertz CT molecular complexity index is 520. The lowest BCUT2D eigenvalue weighted by Gasteiger charge is -2.00. The highest BCUT2D eigenvalue weighted by molar-refractivity contribution is 5.83. The highest BCUT2D eigenvalue weighted by Gasteiger charge is 1.95. The van der Waals surface area contributed by atoms with Crippen molar-refractivity contribution < 1.29 is 4.74 Å². The monoisotopic (exact) mass is 227 g/mol. The molecule has 2 N–H and O–H groups in total. The van der Waals surface area contributed by atoms with Gasteiger partial charge in [-0.25, -0.2) is 0 Å². The number of hydrogen-bond donors (Lipinski definition) is 1. The van der Waals surface area contributed by atoms with Crippen molar-refractivity contribution in [3.63, 3.8) is 0 Å². The van der Waals surface area contributed by atoms with Gasteiger partial charge in [-0.3, -0.25) is 9.98 Å². The van der Waals surface area contributed by atoms with E-state index in [1.807, 2.05) is 24.3 Å². The Balaban J connectivity index is 2.17. The zero-order chi connectivity index (χ0) is 12.1. The number of nitrogen functional groups attached to an aromatic ring is 1. The van der Waals surface area contributed by atoms with Crippen LogP contribution in [0.15, 0.2) is 47.7 Å². The van der Waals surface area contributed by atoms with E-state index in [9.17, 15) is 0 Å². The molecule has 1 aromatic heterocycles. The van der Waals surface area contributed by atoms with Crippen LogP contribution in [0.25, 0.3) is 0 Å². The summed E-state index contributed by atoms with van der Waals surface area (Å²) < 4.78 is 5.08. The van der Waals surface area contributed by atoms with Crippen LogP contribution < -0.4 is 10.5 Å². The van der Waals surface area contributed by atoms with Crippen molar-refractivity contribution in [3.8, 4) is 5.75 Å². The molecule has 0 unspecified atom stereocenters. The van der Waals surface area contributed by atoms with Crippen molar-refractivity contribution in [3.05, 3.63) is 48.3 Å². The van der Waals surface area contributed by atoms with Crippen LogP contribution in [0.5, 0.6) is 5.75 Å². The van der Waals surface area contributed by atoms with Gasteiger partial charge in [-0.2, -0.15) is 0 Å². The fraction of sp³-hybridized carbons (Fsp3) is 0.0769. The Kier molecular flexibility index (Phi) is 3.35. The van der Waals surface area contributed by atoms with Gasteiger partial charge in [-0.05, 0) is 35.9 Å². The number of hydrogen-bond acceptors (Lipinski definition) is 4. The molecule has 0 saturated heterocycles. The second-order valence-electron chi connectivity index (χ2n) is 3.47. The van der Waals surface area contributed by atoms with Gasteiger partial charge in [-0.15, -0.1) is 0 Å². The standard InChI is InChI=1S/C13H13N3O/c1-17-11-4-2-10(3-5-11)8-16-13-9-15-7-6-12(13)14/h2-9H,1H3,(H2,14,15). The number of pyridine rings is 1. The number of benzene rings is 1. The average molecular weight is 227 g/mol. The molecule has 0 bridgehead atoms. The zero-order valence-electron chi connectivity index (χ0n) is 9.50. The number of aromatic nitrogens is 1. The molecule has 0 amide bonds. The Morgan fingerprint density at radius 1 is 1.24 bits per heavy atom. The summed E-state index contributed by atoms with van der Waals surface area (Å²) in [6.07, 6.45) is 5.02. The van der Waals surface area contributed by atoms with Crippen LogP contribution in [0.3, 0.4) is 0 Å². The van der Waals surface area contributed by atoms with Gasteiger partial charge < -0.3 is 10.5 Å². The van der Waals surface area contributed by atoms with E-state index >= 15 is 0 Å². The van der Waals surface area contributed by atoms with Crippen LogP contribution in [0.1, 0.15) is 5.56 Å². The first-order chi connectivity index (χ1) is 8.29. The predicted octanol–water partition coefficient (Wildman–Crippen LogP) is 2.42. The average Bonchev–Trinajstić information content (AvgIpc) is 2.38. The van der Waals surface area contributed by atoms with Gasteiger partial charge in [0, 0.05) is 12.4 Å². The summed E-state index contributed by atoms with van der Waals surface area (Å²) in [6, 6.07) is 9.34. The maximum Gasteiger partial charge on any atom is 0.118 e. The topological polar surface area (TPSA) is 60.5 Å². The minimum Gasteiger partial charge on any atom is -0.497 e. The van der Waals surface area contributed by atoms with Crippen molar-refractivity contribution in [2.24, 2.45) is 4.99 Å². The molecule has 0 aliphatic heterocycles. The Morgan fingerprint density at radius 3 is 2.65 bits per heavy atom. The Labute approximate surface area is 99.8 Å². The van der Waals surface area contributed by atoms with Gasteiger partial charge in [0.15, 0.2) is 0 Å². The van der Waals surface area contributed by atoms with Gasteiger partial charge in [0.1, 0.15) is 11.4 Å². The first kappa shape index (κ1) is 11.1. The molecule has 0 atom stereocenters. The molecule has 0 spiro atoms. The summed E-state index contributed by atoms with van der Waals surface area (Å²) in [5, 5.41) is 0.